The first-order valence-electron chi connectivity index (χ1n) is 6.74. The van der Waals surface area contributed by atoms with E-state index in [9.17, 15) is 9.50 Å². The molecule has 0 bridgehead atoms. The number of hydrogen-bond donors (Lipinski definition) is 1. The molecule has 1 N–H and O–H groups in total. The van der Waals surface area contributed by atoms with Gasteiger partial charge in [-0.05, 0) is 18.6 Å². The number of hydrogen-bond acceptors (Lipinski definition) is 4. The number of benzene rings is 1. The molecular formula is C15H19FN2O3. The predicted molar refractivity (Wildman–Crippen MR) is 76.1 cm³/mol. The molecular weight excluding hydrogens is 275 g/mol. The van der Waals surface area contributed by atoms with E-state index in [1.165, 1.54) is 32.5 Å². The molecule has 0 radical (unpaired) electrons. The molecule has 0 saturated heterocycles. The summed E-state index contributed by atoms with van der Waals surface area (Å²) in [6.45, 7) is 2.60. The molecule has 0 amide bonds. The maximum absolute atomic E-state index is 14.1. The zero-order valence-electron chi connectivity index (χ0n) is 12.3. The summed E-state index contributed by atoms with van der Waals surface area (Å²) < 4.78 is 26.1. The smallest absolute Gasteiger partial charge is 0.163 e. The van der Waals surface area contributed by atoms with Crippen LogP contribution in [0.5, 0.6) is 11.5 Å². The maximum Gasteiger partial charge on any atom is 0.163 e. The first-order chi connectivity index (χ1) is 10.1. The minimum atomic E-state index is -1.22. The molecule has 0 aliphatic heterocycles. The van der Waals surface area contributed by atoms with Crippen molar-refractivity contribution < 1.29 is 19.0 Å². The average Bonchev–Trinajstić information content (AvgIpc) is 2.89. The average molecular weight is 294 g/mol. The van der Waals surface area contributed by atoms with Crippen LogP contribution in [-0.4, -0.2) is 29.1 Å². The van der Waals surface area contributed by atoms with Crippen molar-refractivity contribution in [3.8, 4) is 11.5 Å². The SMILES string of the molecule is CCCn1ncc(OC)c1C(O)c1c(F)cccc1OC. The van der Waals surface area contributed by atoms with Crippen LogP contribution < -0.4 is 9.47 Å². The van der Waals surface area contributed by atoms with Crippen molar-refractivity contribution in [2.45, 2.75) is 26.0 Å². The molecule has 1 atom stereocenters. The number of aliphatic hydroxyl groups excluding tert-OH is 1. The first-order valence-corrected chi connectivity index (χ1v) is 6.74. The fourth-order valence-corrected chi connectivity index (χ4v) is 2.30. The van der Waals surface area contributed by atoms with Gasteiger partial charge in [0.1, 0.15) is 23.4 Å². The molecule has 1 aromatic heterocycles. The lowest BCUT2D eigenvalue weighted by Gasteiger charge is -2.18. The number of nitrogens with zero attached hydrogens (tertiary/aromatic N) is 2. The number of ether oxygens (including phenoxy) is 2. The van der Waals surface area contributed by atoms with Gasteiger partial charge in [0.15, 0.2) is 5.75 Å². The van der Waals surface area contributed by atoms with Crippen molar-refractivity contribution in [1.82, 2.24) is 9.78 Å². The van der Waals surface area contributed by atoms with E-state index in [0.717, 1.165) is 6.42 Å². The number of halogens is 1. The van der Waals surface area contributed by atoms with Crippen LogP contribution in [-0.2, 0) is 6.54 Å². The molecule has 0 aliphatic carbocycles. The summed E-state index contributed by atoms with van der Waals surface area (Å²) in [6, 6.07) is 4.42. The van der Waals surface area contributed by atoms with Gasteiger partial charge in [-0.3, -0.25) is 4.68 Å². The van der Waals surface area contributed by atoms with E-state index in [2.05, 4.69) is 5.10 Å². The summed E-state index contributed by atoms with van der Waals surface area (Å²) in [4.78, 5) is 0. The highest BCUT2D eigenvalue weighted by Gasteiger charge is 2.26. The summed E-state index contributed by atoms with van der Waals surface area (Å²) in [5.41, 5.74) is 0.499. The van der Waals surface area contributed by atoms with Crippen molar-refractivity contribution in [2.24, 2.45) is 0 Å². The van der Waals surface area contributed by atoms with Crippen molar-refractivity contribution >= 4 is 0 Å². The van der Waals surface area contributed by atoms with E-state index in [1.807, 2.05) is 6.92 Å². The first kappa shape index (κ1) is 15.3. The van der Waals surface area contributed by atoms with Crippen molar-refractivity contribution in [3.05, 3.63) is 41.5 Å². The normalized spacial score (nSPS) is 12.2. The third kappa shape index (κ3) is 2.85. The summed E-state index contributed by atoms with van der Waals surface area (Å²) >= 11 is 0. The molecule has 0 saturated carbocycles. The highest BCUT2D eigenvalue weighted by Crippen LogP contribution is 2.36. The predicted octanol–water partition coefficient (Wildman–Crippen LogP) is 2.53. The summed E-state index contributed by atoms with van der Waals surface area (Å²) in [5, 5.41) is 14.8. The monoisotopic (exact) mass is 294 g/mol. The molecule has 0 fully saturated rings. The molecule has 5 nitrogen and oxygen atoms in total. The zero-order chi connectivity index (χ0) is 15.4. The number of aliphatic hydroxyl groups is 1. The van der Waals surface area contributed by atoms with E-state index in [-0.39, 0.29) is 11.3 Å². The molecule has 1 heterocycles. The highest BCUT2D eigenvalue weighted by molar-refractivity contribution is 5.43. The van der Waals surface area contributed by atoms with Crippen LogP contribution in [0.25, 0.3) is 0 Å². The Morgan fingerprint density at radius 2 is 2.00 bits per heavy atom. The van der Waals surface area contributed by atoms with E-state index in [1.54, 1.807) is 10.7 Å². The zero-order valence-corrected chi connectivity index (χ0v) is 12.3. The Bertz CT molecular complexity index is 613. The second kappa shape index (κ2) is 6.58. The lowest BCUT2D eigenvalue weighted by Crippen LogP contribution is -2.13. The van der Waals surface area contributed by atoms with Gasteiger partial charge in [-0.25, -0.2) is 4.39 Å². The lowest BCUT2D eigenvalue weighted by molar-refractivity contribution is 0.192. The fourth-order valence-electron chi connectivity index (χ4n) is 2.30. The maximum atomic E-state index is 14.1. The van der Waals surface area contributed by atoms with E-state index >= 15 is 0 Å². The molecule has 0 aliphatic rings. The third-order valence-electron chi connectivity index (χ3n) is 3.27. The minimum Gasteiger partial charge on any atom is -0.496 e. The van der Waals surface area contributed by atoms with Gasteiger partial charge in [0.2, 0.25) is 0 Å². The molecule has 114 valence electrons. The second-order valence-electron chi connectivity index (χ2n) is 4.58. The molecule has 1 aromatic carbocycles. The fraction of sp³-hybridized carbons (Fsp3) is 0.400. The van der Waals surface area contributed by atoms with Gasteiger partial charge in [-0.1, -0.05) is 13.0 Å². The van der Waals surface area contributed by atoms with E-state index in [0.29, 0.717) is 18.0 Å². The Kier molecular flexibility index (Phi) is 4.80. The van der Waals surface area contributed by atoms with Crippen LogP contribution in [0.4, 0.5) is 4.39 Å². The van der Waals surface area contributed by atoms with Gasteiger partial charge in [-0.15, -0.1) is 0 Å². The largest absolute Gasteiger partial charge is 0.496 e. The van der Waals surface area contributed by atoms with Gasteiger partial charge in [0.05, 0.1) is 26.0 Å². The van der Waals surface area contributed by atoms with Crippen LogP contribution in [0.3, 0.4) is 0 Å². The second-order valence-corrected chi connectivity index (χ2v) is 4.58. The Labute approximate surface area is 122 Å². The molecule has 2 aromatic rings. The number of rotatable bonds is 6. The van der Waals surface area contributed by atoms with Crippen molar-refractivity contribution in [3.63, 3.8) is 0 Å². The van der Waals surface area contributed by atoms with Crippen LogP contribution in [0.1, 0.15) is 30.7 Å². The standard InChI is InChI=1S/C15H19FN2O3/c1-4-8-18-14(12(21-3)9-17-18)15(19)13-10(16)6-5-7-11(13)20-2/h5-7,9,15,19H,4,8H2,1-3H3. The Morgan fingerprint density at radius 1 is 1.29 bits per heavy atom. The Hall–Kier alpha value is -2.08. The van der Waals surface area contributed by atoms with E-state index in [4.69, 9.17) is 9.47 Å². The summed E-state index contributed by atoms with van der Waals surface area (Å²) in [7, 11) is 2.92. The molecule has 1 unspecified atom stereocenters. The number of aromatic nitrogens is 2. The molecule has 2 rings (SSSR count). The number of aryl methyl sites for hydroxylation is 1. The summed E-state index contributed by atoms with van der Waals surface area (Å²) in [6.07, 6.45) is 1.13. The van der Waals surface area contributed by atoms with Gasteiger partial charge < -0.3 is 14.6 Å². The van der Waals surface area contributed by atoms with Gasteiger partial charge >= 0.3 is 0 Å². The van der Waals surface area contributed by atoms with Crippen LogP contribution in [0.2, 0.25) is 0 Å². The minimum absolute atomic E-state index is 0.0798. The van der Waals surface area contributed by atoms with Crippen LogP contribution >= 0.6 is 0 Å². The van der Waals surface area contributed by atoms with Gasteiger partial charge in [-0.2, -0.15) is 5.10 Å². The Morgan fingerprint density at radius 3 is 2.62 bits per heavy atom. The highest BCUT2D eigenvalue weighted by atomic mass is 19.1. The molecule has 0 spiro atoms. The lowest BCUT2D eigenvalue weighted by atomic mass is 10.0. The van der Waals surface area contributed by atoms with Crippen LogP contribution in [0.15, 0.2) is 24.4 Å². The van der Waals surface area contributed by atoms with Crippen molar-refractivity contribution in [1.29, 1.82) is 0 Å². The van der Waals surface area contributed by atoms with Crippen molar-refractivity contribution in [2.75, 3.05) is 14.2 Å². The summed E-state index contributed by atoms with van der Waals surface area (Å²) in [5.74, 6) is 0.170. The van der Waals surface area contributed by atoms with Crippen LogP contribution in [0, 0.1) is 5.82 Å². The topological polar surface area (TPSA) is 56.5 Å². The Balaban J connectivity index is 2.54. The quantitative estimate of drug-likeness (QED) is 0.889. The number of methoxy groups -OCH3 is 2. The van der Waals surface area contributed by atoms with E-state index < -0.39 is 11.9 Å². The van der Waals surface area contributed by atoms with Gasteiger partial charge in [0, 0.05) is 6.54 Å². The third-order valence-corrected chi connectivity index (χ3v) is 3.27. The molecule has 21 heavy (non-hydrogen) atoms. The molecule has 6 heteroatoms. The van der Waals surface area contributed by atoms with Gasteiger partial charge in [0.25, 0.3) is 0 Å².